The average Bonchev–Trinajstić information content (AvgIpc) is 3.34. The number of hydrogen-bond acceptors (Lipinski definition) is 6. The van der Waals surface area contributed by atoms with Gasteiger partial charge in [-0.15, -0.1) is 0 Å². The van der Waals surface area contributed by atoms with E-state index in [1.54, 1.807) is 10.9 Å². The van der Waals surface area contributed by atoms with Crippen molar-refractivity contribution in [3.05, 3.63) is 124 Å². The maximum atomic E-state index is 12.1. The van der Waals surface area contributed by atoms with Gasteiger partial charge < -0.3 is 20.1 Å². The summed E-state index contributed by atoms with van der Waals surface area (Å²) in [5.41, 5.74) is 8.20. The number of aromatic amines is 1. The van der Waals surface area contributed by atoms with Crippen LogP contribution in [-0.4, -0.2) is 37.8 Å². The molecule has 0 bridgehead atoms. The largest absolute Gasteiger partial charge is 0.396 e. The lowest BCUT2D eigenvalue weighted by molar-refractivity contribution is 0.000993. The molecule has 2 aromatic heterocycles. The number of rotatable bonds is 10. The first-order chi connectivity index (χ1) is 18.1. The maximum Gasteiger partial charge on any atom is 0.280 e. The van der Waals surface area contributed by atoms with Crippen molar-refractivity contribution in [1.29, 1.82) is 0 Å². The minimum absolute atomic E-state index is 0.0292. The lowest BCUT2D eigenvalue weighted by Gasteiger charge is -2.36. The van der Waals surface area contributed by atoms with Gasteiger partial charge in [0.2, 0.25) is 5.95 Å². The van der Waals surface area contributed by atoms with E-state index in [1.165, 1.54) is 0 Å². The smallest absolute Gasteiger partial charge is 0.280 e. The van der Waals surface area contributed by atoms with Crippen LogP contribution in [0.5, 0.6) is 0 Å². The normalized spacial score (nSPS) is 12.6. The quantitative estimate of drug-likeness (QED) is 0.254. The van der Waals surface area contributed by atoms with Gasteiger partial charge in [-0.3, -0.25) is 9.78 Å². The molecule has 4 N–H and O–H groups in total. The Morgan fingerprint density at radius 3 is 1.97 bits per heavy atom. The van der Waals surface area contributed by atoms with Gasteiger partial charge in [0.05, 0.1) is 6.33 Å². The number of imidazole rings is 1. The highest BCUT2D eigenvalue weighted by atomic mass is 16.5. The second-order valence-electron chi connectivity index (χ2n) is 8.99. The topological polar surface area (TPSA) is 119 Å². The Kier molecular flexibility index (Phi) is 7.11. The summed E-state index contributed by atoms with van der Waals surface area (Å²) >= 11 is 0. The van der Waals surface area contributed by atoms with Crippen LogP contribution in [0.25, 0.3) is 11.2 Å². The van der Waals surface area contributed by atoms with Crippen molar-refractivity contribution in [3.8, 4) is 0 Å². The van der Waals surface area contributed by atoms with Gasteiger partial charge in [0.25, 0.3) is 5.56 Å². The highest BCUT2D eigenvalue weighted by molar-refractivity contribution is 5.70. The van der Waals surface area contributed by atoms with Gasteiger partial charge in [-0.2, -0.15) is 4.98 Å². The molecule has 37 heavy (non-hydrogen) atoms. The monoisotopic (exact) mass is 495 g/mol. The van der Waals surface area contributed by atoms with E-state index < -0.39 is 5.60 Å². The van der Waals surface area contributed by atoms with Gasteiger partial charge in [-0.1, -0.05) is 91.0 Å². The molecule has 0 spiro atoms. The number of nitrogens with two attached hydrogens (primary N) is 1. The number of anilines is 1. The molecule has 0 amide bonds. The third-order valence-corrected chi connectivity index (χ3v) is 6.59. The third-order valence-electron chi connectivity index (χ3n) is 6.59. The number of ether oxygens (including phenoxy) is 1. The summed E-state index contributed by atoms with van der Waals surface area (Å²) in [5.74, 6) is -0.124. The molecule has 0 fully saturated rings. The van der Waals surface area contributed by atoms with Crippen molar-refractivity contribution in [2.45, 2.75) is 18.6 Å². The predicted octanol–water partition coefficient (Wildman–Crippen LogP) is 3.71. The van der Waals surface area contributed by atoms with E-state index in [4.69, 9.17) is 10.5 Å². The van der Waals surface area contributed by atoms with Gasteiger partial charge in [0, 0.05) is 25.7 Å². The molecule has 3 aromatic carbocycles. The summed E-state index contributed by atoms with van der Waals surface area (Å²) < 4.78 is 8.59. The molecule has 0 saturated heterocycles. The maximum absolute atomic E-state index is 12.1. The van der Waals surface area contributed by atoms with Crippen LogP contribution in [0.15, 0.2) is 102 Å². The number of nitrogens with one attached hydrogen (secondary N) is 1. The first-order valence-electron chi connectivity index (χ1n) is 12.2. The third kappa shape index (κ3) is 4.89. The second kappa shape index (κ2) is 10.8. The Hall–Kier alpha value is -4.27. The summed E-state index contributed by atoms with van der Waals surface area (Å²) in [7, 11) is 0. The van der Waals surface area contributed by atoms with Crippen LogP contribution in [0, 0.1) is 5.92 Å². The van der Waals surface area contributed by atoms with Crippen LogP contribution in [0.4, 0.5) is 5.95 Å². The molecule has 0 aliphatic heterocycles. The Bertz CT molecular complexity index is 1400. The molecule has 5 rings (SSSR count). The zero-order chi connectivity index (χ0) is 25.7. The summed E-state index contributed by atoms with van der Waals surface area (Å²) in [6.45, 7) is 0.741. The molecule has 0 unspecified atom stereocenters. The van der Waals surface area contributed by atoms with E-state index in [0.29, 0.717) is 25.2 Å². The first kappa shape index (κ1) is 24.4. The molecule has 0 radical (unpaired) electrons. The number of aromatic nitrogens is 4. The lowest BCUT2D eigenvalue weighted by atomic mass is 9.80. The number of nitrogens with zero attached hydrogens (tertiary/aromatic N) is 3. The standard InChI is InChI=1S/C29H29N5O3/c30-28-32-26-25(27(36)33-28)31-20-34(26)18-21(19-35)16-17-37-29(22-10-4-1-5-11-22,23-12-6-2-7-13-23)24-14-8-3-9-15-24/h1-15,20-21,35H,16-19H2,(H3,30,32,33,36)/t21-/m1/s1. The SMILES string of the molecule is Nc1nc2c(ncn2C[C@H](CO)CCOC(c2ccccc2)(c2ccccc2)c2ccccc2)c(=O)[nH]1. The summed E-state index contributed by atoms with van der Waals surface area (Å²) in [6.07, 6.45) is 2.13. The number of fused-ring (bicyclic) bond motifs is 1. The summed E-state index contributed by atoms with van der Waals surface area (Å²) in [6, 6.07) is 30.5. The van der Waals surface area contributed by atoms with Crippen LogP contribution in [0.3, 0.4) is 0 Å². The Morgan fingerprint density at radius 1 is 0.919 bits per heavy atom. The number of nitrogen functional groups attached to an aromatic ring is 1. The molecule has 8 heteroatoms. The zero-order valence-corrected chi connectivity index (χ0v) is 20.3. The van der Waals surface area contributed by atoms with E-state index >= 15 is 0 Å². The van der Waals surface area contributed by atoms with Crippen LogP contribution in [0.2, 0.25) is 0 Å². The number of benzene rings is 3. The van der Waals surface area contributed by atoms with E-state index in [9.17, 15) is 9.90 Å². The molecule has 188 valence electrons. The van der Waals surface area contributed by atoms with Crippen molar-refractivity contribution in [3.63, 3.8) is 0 Å². The van der Waals surface area contributed by atoms with Gasteiger partial charge in [0.1, 0.15) is 5.60 Å². The number of H-pyrrole nitrogens is 1. The van der Waals surface area contributed by atoms with Crippen LogP contribution < -0.4 is 11.3 Å². The molecule has 1 atom stereocenters. The van der Waals surface area contributed by atoms with E-state index in [2.05, 4.69) is 51.4 Å². The summed E-state index contributed by atoms with van der Waals surface area (Å²) in [5, 5.41) is 10.2. The minimum Gasteiger partial charge on any atom is -0.396 e. The molecule has 8 nitrogen and oxygen atoms in total. The zero-order valence-electron chi connectivity index (χ0n) is 20.3. The van der Waals surface area contributed by atoms with E-state index in [1.807, 2.05) is 54.6 Å². The second-order valence-corrected chi connectivity index (χ2v) is 8.99. The van der Waals surface area contributed by atoms with Gasteiger partial charge >= 0.3 is 0 Å². The van der Waals surface area contributed by atoms with Crippen molar-refractivity contribution in [2.75, 3.05) is 18.9 Å². The van der Waals surface area contributed by atoms with Crippen molar-refractivity contribution in [1.82, 2.24) is 19.5 Å². The molecule has 2 heterocycles. The van der Waals surface area contributed by atoms with Gasteiger partial charge in [-0.25, -0.2) is 4.98 Å². The molecular weight excluding hydrogens is 466 g/mol. The fourth-order valence-corrected chi connectivity index (χ4v) is 4.77. The Balaban J connectivity index is 1.44. The summed E-state index contributed by atoms with van der Waals surface area (Å²) in [4.78, 5) is 23.0. The molecule has 0 saturated carbocycles. The molecular formula is C29H29N5O3. The van der Waals surface area contributed by atoms with Gasteiger partial charge in [-0.05, 0) is 23.1 Å². The number of aliphatic hydroxyl groups excluding tert-OH is 1. The van der Waals surface area contributed by atoms with E-state index in [-0.39, 0.29) is 29.5 Å². The Morgan fingerprint density at radius 2 is 1.46 bits per heavy atom. The molecule has 0 aliphatic rings. The lowest BCUT2D eigenvalue weighted by Crippen LogP contribution is -2.34. The van der Waals surface area contributed by atoms with Crippen LogP contribution in [-0.2, 0) is 16.9 Å². The molecule has 0 aliphatic carbocycles. The average molecular weight is 496 g/mol. The number of aliphatic hydroxyl groups is 1. The Labute approximate surface area is 214 Å². The molecule has 5 aromatic rings. The van der Waals surface area contributed by atoms with E-state index in [0.717, 1.165) is 16.7 Å². The highest BCUT2D eigenvalue weighted by Crippen LogP contribution is 2.40. The first-order valence-corrected chi connectivity index (χ1v) is 12.2. The number of hydrogen-bond donors (Lipinski definition) is 3. The van der Waals surface area contributed by atoms with Crippen LogP contribution in [0.1, 0.15) is 23.1 Å². The van der Waals surface area contributed by atoms with Crippen molar-refractivity contribution >= 4 is 17.1 Å². The van der Waals surface area contributed by atoms with Gasteiger partial charge in [0.15, 0.2) is 11.2 Å². The van der Waals surface area contributed by atoms with Crippen molar-refractivity contribution in [2.24, 2.45) is 5.92 Å². The van der Waals surface area contributed by atoms with Crippen LogP contribution >= 0.6 is 0 Å². The minimum atomic E-state index is -0.825. The fraction of sp³-hybridized carbons (Fsp3) is 0.207. The highest BCUT2D eigenvalue weighted by Gasteiger charge is 2.37. The predicted molar refractivity (Wildman–Crippen MR) is 143 cm³/mol. The fourth-order valence-electron chi connectivity index (χ4n) is 4.77. The van der Waals surface area contributed by atoms with Crippen molar-refractivity contribution < 1.29 is 9.84 Å².